The molecule has 7 nitrogen and oxygen atoms in total. The molecule has 7 heteroatoms. The molecule has 3 rings (SSSR count). The van der Waals surface area contributed by atoms with Gasteiger partial charge in [0.05, 0.1) is 31.7 Å². The number of ether oxygens (including phenoxy) is 2. The fourth-order valence-electron chi connectivity index (χ4n) is 3.48. The summed E-state index contributed by atoms with van der Waals surface area (Å²) in [6.45, 7) is 7.85. The first-order valence-corrected chi connectivity index (χ1v) is 10.5. The zero-order valence-electron chi connectivity index (χ0n) is 17.6. The molecule has 0 bridgehead atoms. The van der Waals surface area contributed by atoms with E-state index in [0.29, 0.717) is 19.1 Å². The number of para-hydroxylation sites is 1. The number of benzene rings is 1. The molecular weight excluding hydrogens is 366 g/mol. The second-order valence-corrected chi connectivity index (χ2v) is 7.28. The zero-order valence-corrected chi connectivity index (χ0v) is 17.6. The topological polar surface area (TPSA) is 63.9 Å². The second kappa shape index (κ2) is 11.6. The Hall–Kier alpha value is -2.38. The van der Waals surface area contributed by atoms with E-state index >= 15 is 0 Å². The number of aromatic nitrogens is 2. The summed E-state index contributed by atoms with van der Waals surface area (Å²) in [7, 11) is 1.70. The van der Waals surface area contributed by atoms with Gasteiger partial charge in [-0.1, -0.05) is 18.2 Å². The number of likely N-dealkylation sites (tertiary alicyclic amines) is 1. The molecule has 0 aliphatic carbocycles. The van der Waals surface area contributed by atoms with Crippen LogP contribution in [-0.2, 0) is 15.9 Å². The van der Waals surface area contributed by atoms with Gasteiger partial charge in [0.15, 0.2) is 5.96 Å². The highest BCUT2D eigenvalue weighted by molar-refractivity contribution is 5.80. The Morgan fingerprint density at radius 3 is 2.93 bits per heavy atom. The van der Waals surface area contributed by atoms with Crippen LogP contribution < -0.4 is 5.32 Å². The number of nitrogens with one attached hydrogen (secondary N) is 1. The van der Waals surface area contributed by atoms with Gasteiger partial charge in [0.25, 0.3) is 0 Å². The molecule has 158 valence electrons. The standard InChI is InChI=1S/C22H33N5O2/c1-3-23-22(26-12-10-20(16-26)18-29-14-13-28-2)24-11-9-19-15-25-27(17-19)21-7-5-4-6-8-21/h4-8,15,17,20H,3,9-14,16,18H2,1-2H3,(H,23,24). The molecule has 1 aliphatic rings. The van der Waals surface area contributed by atoms with Crippen molar-refractivity contribution >= 4 is 5.96 Å². The lowest BCUT2D eigenvalue weighted by molar-refractivity contribution is 0.0536. The van der Waals surface area contributed by atoms with Gasteiger partial charge in [-0.15, -0.1) is 0 Å². The van der Waals surface area contributed by atoms with E-state index in [1.807, 2.05) is 29.1 Å². The number of aliphatic imine (C=N–C) groups is 1. The second-order valence-electron chi connectivity index (χ2n) is 7.28. The molecule has 0 amide bonds. The maximum Gasteiger partial charge on any atom is 0.193 e. The SMILES string of the molecule is CCNC(=NCCc1cnn(-c2ccccc2)c1)N1CCC(COCCOC)C1. The summed E-state index contributed by atoms with van der Waals surface area (Å²) in [5, 5.41) is 7.90. The predicted molar refractivity (Wildman–Crippen MR) is 116 cm³/mol. The molecule has 2 heterocycles. The van der Waals surface area contributed by atoms with Crippen molar-refractivity contribution in [2.24, 2.45) is 10.9 Å². The smallest absolute Gasteiger partial charge is 0.193 e. The van der Waals surface area contributed by atoms with Crippen molar-refractivity contribution < 1.29 is 9.47 Å². The van der Waals surface area contributed by atoms with Crippen LogP contribution in [0.3, 0.4) is 0 Å². The third-order valence-corrected chi connectivity index (χ3v) is 5.02. The quantitative estimate of drug-likeness (QED) is 0.378. The Bertz CT molecular complexity index is 747. The molecule has 0 radical (unpaired) electrons. The normalized spacial score (nSPS) is 17.1. The largest absolute Gasteiger partial charge is 0.382 e. The number of hydrogen-bond acceptors (Lipinski definition) is 4. The summed E-state index contributed by atoms with van der Waals surface area (Å²) in [6, 6.07) is 10.2. The molecule has 1 aliphatic heterocycles. The van der Waals surface area contributed by atoms with Gasteiger partial charge in [-0.25, -0.2) is 4.68 Å². The van der Waals surface area contributed by atoms with Crippen molar-refractivity contribution in [1.29, 1.82) is 0 Å². The Kier molecular flexibility index (Phi) is 8.52. The fourth-order valence-corrected chi connectivity index (χ4v) is 3.48. The van der Waals surface area contributed by atoms with Crippen LogP contribution in [0, 0.1) is 5.92 Å². The minimum Gasteiger partial charge on any atom is -0.382 e. The average Bonchev–Trinajstić information content (AvgIpc) is 3.41. The molecule has 2 aromatic rings. The molecule has 0 spiro atoms. The average molecular weight is 400 g/mol. The van der Waals surface area contributed by atoms with Gasteiger partial charge >= 0.3 is 0 Å². The lowest BCUT2D eigenvalue weighted by Gasteiger charge is -2.21. The third kappa shape index (κ3) is 6.58. The highest BCUT2D eigenvalue weighted by atomic mass is 16.5. The van der Waals surface area contributed by atoms with Crippen LogP contribution in [0.1, 0.15) is 18.9 Å². The number of guanidine groups is 1. The van der Waals surface area contributed by atoms with E-state index in [-0.39, 0.29) is 0 Å². The van der Waals surface area contributed by atoms with E-state index in [2.05, 4.69) is 40.6 Å². The van der Waals surface area contributed by atoms with Crippen molar-refractivity contribution in [2.75, 3.05) is 53.1 Å². The summed E-state index contributed by atoms with van der Waals surface area (Å²) < 4.78 is 12.7. The van der Waals surface area contributed by atoms with Gasteiger partial charge in [-0.05, 0) is 37.5 Å². The van der Waals surface area contributed by atoms with Gasteiger partial charge in [0.2, 0.25) is 0 Å². The third-order valence-electron chi connectivity index (χ3n) is 5.02. The molecular formula is C22H33N5O2. The number of nitrogens with zero attached hydrogens (tertiary/aromatic N) is 4. The molecule has 1 atom stereocenters. The van der Waals surface area contributed by atoms with E-state index in [4.69, 9.17) is 14.5 Å². The van der Waals surface area contributed by atoms with Gasteiger partial charge in [0.1, 0.15) is 0 Å². The van der Waals surface area contributed by atoms with Gasteiger partial charge in [-0.2, -0.15) is 5.10 Å². The maximum absolute atomic E-state index is 5.70. The van der Waals surface area contributed by atoms with E-state index in [9.17, 15) is 0 Å². The van der Waals surface area contributed by atoms with E-state index in [1.165, 1.54) is 5.56 Å². The summed E-state index contributed by atoms with van der Waals surface area (Å²) in [4.78, 5) is 7.20. The molecule has 1 aromatic heterocycles. The van der Waals surface area contributed by atoms with Crippen molar-refractivity contribution in [3.63, 3.8) is 0 Å². The van der Waals surface area contributed by atoms with Crippen LogP contribution in [-0.4, -0.2) is 73.7 Å². The van der Waals surface area contributed by atoms with Crippen molar-refractivity contribution in [1.82, 2.24) is 20.0 Å². The summed E-state index contributed by atoms with van der Waals surface area (Å²) in [5.41, 5.74) is 2.27. The number of methoxy groups -OCH3 is 1. The van der Waals surface area contributed by atoms with Crippen LogP contribution in [0.25, 0.3) is 5.69 Å². The summed E-state index contributed by atoms with van der Waals surface area (Å²) >= 11 is 0. The van der Waals surface area contributed by atoms with Crippen molar-refractivity contribution in [3.05, 3.63) is 48.3 Å². The Morgan fingerprint density at radius 2 is 2.14 bits per heavy atom. The first kappa shape index (κ1) is 21.3. The molecule has 1 saturated heterocycles. The Balaban J connectivity index is 1.49. The Labute approximate surface area is 173 Å². The lowest BCUT2D eigenvalue weighted by atomic mass is 10.1. The molecule has 29 heavy (non-hydrogen) atoms. The maximum atomic E-state index is 5.70. The van der Waals surface area contributed by atoms with E-state index < -0.39 is 0 Å². The highest BCUT2D eigenvalue weighted by Gasteiger charge is 2.24. The number of hydrogen-bond donors (Lipinski definition) is 1. The van der Waals surface area contributed by atoms with Crippen LogP contribution in [0.4, 0.5) is 0 Å². The first-order chi connectivity index (χ1) is 14.3. The molecule has 1 fully saturated rings. The van der Waals surface area contributed by atoms with Crippen LogP contribution in [0.15, 0.2) is 47.7 Å². The van der Waals surface area contributed by atoms with Gasteiger partial charge in [-0.3, -0.25) is 4.99 Å². The summed E-state index contributed by atoms with van der Waals surface area (Å²) in [5.74, 6) is 1.56. The summed E-state index contributed by atoms with van der Waals surface area (Å²) in [6.07, 6.45) is 6.03. The minimum atomic E-state index is 0.555. The van der Waals surface area contributed by atoms with Gasteiger partial charge in [0, 0.05) is 45.4 Å². The fraction of sp³-hybridized carbons (Fsp3) is 0.545. The first-order valence-electron chi connectivity index (χ1n) is 10.5. The highest BCUT2D eigenvalue weighted by Crippen LogP contribution is 2.17. The van der Waals surface area contributed by atoms with E-state index in [0.717, 1.165) is 57.3 Å². The van der Waals surface area contributed by atoms with Crippen LogP contribution >= 0.6 is 0 Å². The monoisotopic (exact) mass is 399 g/mol. The van der Waals surface area contributed by atoms with Crippen molar-refractivity contribution in [3.8, 4) is 5.69 Å². The van der Waals surface area contributed by atoms with Crippen LogP contribution in [0.2, 0.25) is 0 Å². The number of rotatable bonds is 10. The molecule has 1 N–H and O–H groups in total. The molecule has 1 unspecified atom stereocenters. The van der Waals surface area contributed by atoms with E-state index in [1.54, 1.807) is 7.11 Å². The van der Waals surface area contributed by atoms with Crippen LogP contribution in [0.5, 0.6) is 0 Å². The zero-order chi connectivity index (χ0) is 20.3. The molecule has 0 saturated carbocycles. The minimum absolute atomic E-state index is 0.555. The van der Waals surface area contributed by atoms with Gasteiger partial charge < -0.3 is 19.7 Å². The lowest BCUT2D eigenvalue weighted by Crippen LogP contribution is -2.40. The Morgan fingerprint density at radius 1 is 1.28 bits per heavy atom. The molecule has 1 aromatic carbocycles. The predicted octanol–water partition coefficient (Wildman–Crippen LogP) is 2.37. The van der Waals surface area contributed by atoms with Crippen molar-refractivity contribution in [2.45, 2.75) is 19.8 Å².